The lowest BCUT2D eigenvalue weighted by Crippen LogP contribution is -2.05. The molecule has 8 heteroatoms. The van der Waals surface area contributed by atoms with Gasteiger partial charge in [0.25, 0.3) is 0 Å². The smallest absolute Gasteiger partial charge is 0.201 e. The molecule has 31 heavy (non-hydrogen) atoms. The molecular weight excluding hydrogens is 398 g/mol. The van der Waals surface area contributed by atoms with Crippen LogP contribution in [0.4, 0.5) is 8.78 Å². The summed E-state index contributed by atoms with van der Waals surface area (Å²) in [6.07, 6.45) is 5.58. The minimum atomic E-state index is -0.291. The van der Waals surface area contributed by atoms with Crippen LogP contribution in [0.25, 0.3) is 17.2 Å². The summed E-state index contributed by atoms with van der Waals surface area (Å²) in [7, 11) is 0. The second kappa shape index (κ2) is 7.71. The Morgan fingerprint density at radius 2 is 1.87 bits per heavy atom. The van der Waals surface area contributed by atoms with E-state index in [-0.39, 0.29) is 11.6 Å². The maximum atomic E-state index is 14.2. The molecule has 0 aliphatic carbocycles. The number of imidazole rings is 1. The largest absolute Gasteiger partial charge is 0.303 e. The molecular formula is C23H18F2N6. The monoisotopic (exact) mass is 416 g/mol. The third-order valence-electron chi connectivity index (χ3n) is 5.07. The normalized spacial score (nSPS) is 11.3. The number of hydrogen-bond donors (Lipinski definition) is 0. The summed E-state index contributed by atoms with van der Waals surface area (Å²) >= 11 is 0. The number of fused-ring (bicyclic) bond motifs is 1. The topological polar surface area (TPSA) is 60.9 Å². The fourth-order valence-electron chi connectivity index (χ4n) is 3.53. The first-order valence-electron chi connectivity index (χ1n) is 9.79. The molecule has 0 spiro atoms. The first-order valence-corrected chi connectivity index (χ1v) is 9.79. The number of aromatic nitrogens is 6. The van der Waals surface area contributed by atoms with Gasteiger partial charge in [-0.15, -0.1) is 5.10 Å². The van der Waals surface area contributed by atoms with E-state index in [9.17, 15) is 8.78 Å². The molecule has 0 aliphatic heterocycles. The van der Waals surface area contributed by atoms with E-state index >= 15 is 0 Å². The Morgan fingerprint density at radius 3 is 2.71 bits per heavy atom. The highest BCUT2D eigenvalue weighted by Gasteiger charge is 2.16. The minimum absolute atomic E-state index is 0.284. The van der Waals surface area contributed by atoms with Gasteiger partial charge in [-0.2, -0.15) is 0 Å². The first kappa shape index (κ1) is 19.0. The Kier molecular flexibility index (Phi) is 4.74. The van der Waals surface area contributed by atoms with Gasteiger partial charge in [-0.05, 0) is 36.2 Å². The van der Waals surface area contributed by atoms with E-state index in [1.807, 2.05) is 23.6 Å². The van der Waals surface area contributed by atoms with Crippen LogP contribution in [0, 0.1) is 18.6 Å². The van der Waals surface area contributed by atoms with Crippen LogP contribution in [0.1, 0.15) is 22.6 Å². The van der Waals surface area contributed by atoms with E-state index in [0.717, 1.165) is 5.56 Å². The van der Waals surface area contributed by atoms with Gasteiger partial charge in [-0.25, -0.2) is 28.4 Å². The maximum Gasteiger partial charge on any atom is 0.201 e. The summed E-state index contributed by atoms with van der Waals surface area (Å²) < 4.78 is 31.3. The van der Waals surface area contributed by atoms with Crippen molar-refractivity contribution in [3.8, 4) is 11.5 Å². The second-order valence-corrected chi connectivity index (χ2v) is 7.27. The van der Waals surface area contributed by atoms with Gasteiger partial charge in [-0.3, -0.25) is 0 Å². The Labute approximate surface area is 176 Å². The fraction of sp³-hybridized carbons (Fsp3) is 0.130. The lowest BCUT2D eigenvalue weighted by Gasteiger charge is -2.07. The predicted molar refractivity (Wildman–Crippen MR) is 111 cm³/mol. The highest BCUT2D eigenvalue weighted by Crippen LogP contribution is 2.20. The van der Waals surface area contributed by atoms with Crippen LogP contribution in [-0.4, -0.2) is 29.1 Å². The Hall–Kier alpha value is -3.94. The van der Waals surface area contributed by atoms with Gasteiger partial charge in [0.15, 0.2) is 5.65 Å². The van der Waals surface area contributed by atoms with Crippen LogP contribution in [0.5, 0.6) is 0 Å². The number of aryl methyl sites for hydroxylation is 1. The molecule has 0 fully saturated rings. The third-order valence-corrected chi connectivity index (χ3v) is 5.07. The van der Waals surface area contributed by atoms with E-state index in [2.05, 4.69) is 15.1 Å². The molecule has 6 nitrogen and oxygen atoms in total. The van der Waals surface area contributed by atoms with Crippen LogP contribution in [-0.2, 0) is 13.0 Å². The van der Waals surface area contributed by atoms with E-state index in [4.69, 9.17) is 4.98 Å². The van der Waals surface area contributed by atoms with E-state index in [1.54, 1.807) is 41.3 Å². The Bertz CT molecular complexity index is 1390. The van der Waals surface area contributed by atoms with Gasteiger partial charge in [0.2, 0.25) is 5.82 Å². The highest BCUT2D eigenvalue weighted by atomic mass is 19.1. The highest BCUT2D eigenvalue weighted by molar-refractivity contribution is 5.55. The quantitative estimate of drug-likeness (QED) is 0.431. The molecule has 5 aromatic rings. The average molecular weight is 416 g/mol. The lowest BCUT2D eigenvalue weighted by molar-refractivity contribution is 0.613. The van der Waals surface area contributed by atoms with Crippen molar-refractivity contribution in [3.63, 3.8) is 0 Å². The van der Waals surface area contributed by atoms with Crippen molar-refractivity contribution in [1.29, 1.82) is 0 Å². The Balaban J connectivity index is 1.53. The van der Waals surface area contributed by atoms with Crippen molar-refractivity contribution in [3.05, 3.63) is 101 Å². The molecule has 3 heterocycles. The van der Waals surface area contributed by atoms with Crippen LogP contribution in [0.3, 0.4) is 0 Å². The van der Waals surface area contributed by atoms with E-state index in [0.29, 0.717) is 47.2 Å². The summed E-state index contributed by atoms with van der Waals surface area (Å²) in [6.45, 7) is 2.23. The van der Waals surface area contributed by atoms with Crippen molar-refractivity contribution >= 4 is 5.65 Å². The third kappa shape index (κ3) is 3.79. The molecule has 2 aromatic carbocycles. The molecule has 0 radical (unpaired) electrons. The molecule has 0 amide bonds. The summed E-state index contributed by atoms with van der Waals surface area (Å²) in [4.78, 5) is 13.6. The van der Waals surface area contributed by atoms with Crippen LogP contribution < -0.4 is 0 Å². The maximum absolute atomic E-state index is 14.2. The zero-order valence-corrected chi connectivity index (χ0v) is 16.7. The van der Waals surface area contributed by atoms with Crippen molar-refractivity contribution < 1.29 is 8.78 Å². The predicted octanol–water partition coefficient (Wildman–Crippen LogP) is 4.21. The summed E-state index contributed by atoms with van der Waals surface area (Å²) in [5.41, 5.74) is 3.17. The summed E-state index contributed by atoms with van der Waals surface area (Å²) in [6, 6.07) is 13.0. The van der Waals surface area contributed by atoms with Gasteiger partial charge in [-0.1, -0.05) is 30.3 Å². The zero-order valence-electron chi connectivity index (χ0n) is 16.7. The van der Waals surface area contributed by atoms with Gasteiger partial charge < -0.3 is 4.40 Å². The number of benzene rings is 2. The molecule has 5 rings (SSSR count). The van der Waals surface area contributed by atoms with Crippen LogP contribution in [0.2, 0.25) is 0 Å². The van der Waals surface area contributed by atoms with Gasteiger partial charge in [0, 0.05) is 25.0 Å². The number of halogens is 2. The van der Waals surface area contributed by atoms with Crippen molar-refractivity contribution in [2.24, 2.45) is 0 Å². The van der Waals surface area contributed by atoms with Crippen molar-refractivity contribution in [2.75, 3.05) is 0 Å². The molecule has 3 aromatic heterocycles. The van der Waals surface area contributed by atoms with Crippen LogP contribution in [0.15, 0.2) is 67.1 Å². The average Bonchev–Trinajstić information content (AvgIpc) is 3.37. The van der Waals surface area contributed by atoms with E-state index in [1.165, 1.54) is 18.2 Å². The molecule has 0 atom stereocenters. The van der Waals surface area contributed by atoms with Crippen molar-refractivity contribution in [1.82, 2.24) is 29.1 Å². The van der Waals surface area contributed by atoms with Crippen molar-refractivity contribution in [2.45, 2.75) is 19.9 Å². The molecule has 0 N–H and O–H groups in total. The first-order chi connectivity index (χ1) is 15.1. The summed E-state index contributed by atoms with van der Waals surface area (Å²) in [5.74, 6) is 0.551. The van der Waals surface area contributed by atoms with Gasteiger partial charge >= 0.3 is 0 Å². The lowest BCUT2D eigenvalue weighted by atomic mass is 10.1. The van der Waals surface area contributed by atoms with Gasteiger partial charge in [0.1, 0.15) is 23.2 Å². The second-order valence-electron chi connectivity index (χ2n) is 7.27. The SMILES string of the molecule is Cc1nc(-c2cn3ccnc3c(Cc3ccccc3F)n2)nn1Cc1cccc(F)c1. The molecule has 0 aliphatic rings. The molecule has 154 valence electrons. The zero-order chi connectivity index (χ0) is 21.4. The van der Waals surface area contributed by atoms with Gasteiger partial charge in [0.05, 0.1) is 12.2 Å². The van der Waals surface area contributed by atoms with Crippen LogP contribution >= 0.6 is 0 Å². The molecule has 0 saturated heterocycles. The minimum Gasteiger partial charge on any atom is -0.303 e. The molecule has 0 bridgehead atoms. The van der Waals surface area contributed by atoms with E-state index < -0.39 is 0 Å². The molecule has 0 saturated carbocycles. The Morgan fingerprint density at radius 1 is 1.00 bits per heavy atom. The molecule has 0 unspecified atom stereocenters. The summed E-state index contributed by atoms with van der Waals surface area (Å²) in [5, 5.41) is 4.57. The number of hydrogen-bond acceptors (Lipinski definition) is 4. The number of nitrogens with zero attached hydrogens (tertiary/aromatic N) is 6. The number of rotatable bonds is 5. The fourth-order valence-corrected chi connectivity index (χ4v) is 3.53. The standard InChI is InChI=1S/C23H18F2N6/c1-15-27-22(29-31(15)13-16-5-4-7-18(24)11-16)21-14-30-10-9-26-23(30)20(28-21)12-17-6-2-3-8-19(17)25/h2-11,14H,12-13H2,1H3.